The highest BCUT2D eigenvalue weighted by Gasteiger charge is 2.24. The summed E-state index contributed by atoms with van der Waals surface area (Å²) in [5.41, 5.74) is 3.99. The summed E-state index contributed by atoms with van der Waals surface area (Å²) in [5.74, 6) is -4.22. The minimum Gasteiger partial charge on any atom is -0.352 e. The van der Waals surface area contributed by atoms with Crippen molar-refractivity contribution >= 4 is 56.4 Å². The van der Waals surface area contributed by atoms with E-state index in [9.17, 15) is 40.9 Å². The van der Waals surface area contributed by atoms with Crippen LogP contribution < -0.4 is 21.8 Å². The van der Waals surface area contributed by atoms with E-state index in [0.717, 1.165) is 55.7 Å². The molecule has 0 aliphatic rings. The fourth-order valence-corrected chi connectivity index (χ4v) is 9.62. The minimum atomic E-state index is -1.70. The molecule has 0 spiro atoms. The molecule has 0 saturated heterocycles. The van der Waals surface area contributed by atoms with Crippen LogP contribution in [-0.2, 0) is 23.6 Å². The number of halogens is 4. The molecule has 398 valence electrons. The summed E-state index contributed by atoms with van der Waals surface area (Å²) in [4.78, 5) is 69.7. The number of thioether (sulfide) groups is 1. The highest BCUT2D eigenvalue weighted by molar-refractivity contribution is 7.98. The van der Waals surface area contributed by atoms with Crippen molar-refractivity contribution in [2.24, 2.45) is 0 Å². The lowest BCUT2D eigenvalue weighted by molar-refractivity contribution is 0.0946. The van der Waals surface area contributed by atoms with Crippen LogP contribution in [0.25, 0.3) is 56.0 Å². The topological polar surface area (TPSA) is 171 Å². The number of nitrogens with zero attached hydrogens (tertiary/aromatic N) is 6. The van der Waals surface area contributed by atoms with Crippen molar-refractivity contribution in [3.8, 4) is 33.9 Å². The van der Waals surface area contributed by atoms with Gasteiger partial charge in [0, 0.05) is 64.5 Å². The number of fused-ring (bicyclic) bond motifs is 2. The third kappa shape index (κ3) is 12.0. The zero-order valence-corrected chi connectivity index (χ0v) is 44.5. The molecule has 6 aromatic carbocycles. The molecule has 2 amide bonds. The summed E-state index contributed by atoms with van der Waals surface area (Å²) in [6, 6.07) is 42.1. The molecule has 1 unspecified atom stereocenters. The molecule has 0 bridgehead atoms. The first-order valence-electron chi connectivity index (χ1n) is 24.6. The van der Waals surface area contributed by atoms with Crippen LogP contribution in [-0.4, -0.2) is 70.7 Å². The monoisotopic (exact) mass is 1100 g/mol. The Morgan fingerprint density at radius 2 is 0.949 bits per heavy atom. The van der Waals surface area contributed by atoms with Crippen molar-refractivity contribution in [3.05, 3.63) is 235 Å². The summed E-state index contributed by atoms with van der Waals surface area (Å²) >= 11 is 1.23. The van der Waals surface area contributed by atoms with Gasteiger partial charge in [0.2, 0.25) is 5.16 Å². The van der Waals surface area contributed by atoms with Gasteiger partial charge in [0.05, 0.1) is 22.2 Å². The molecule has 10 aromatic rings. The highest BCUT2D eigenvalue weighted by Crippen LogP contribution is 2.34. The number of nitrogens with one attached hydrogen (secondary N) is 2. The van der Waals surface area contributed by atoms with E-state index >= 15 is 0 Å². The van der Waals surface area contributed by atoms with E-state index in [-0.39, 0.29) is 34.0 Å². The Bertz CT molecular complexity index is 4090. The van der Waals surface area contributed by atoms with Gasteiger partial charge in [0.15, 0.2) is 16.5 Å². The number of hydrogen-bond acceptors (Lipinski definition) is 10. The third-order valence-electron chi connectivity index (χ3n) is 12.8. The molecule has 0 saturated carbocycles. The van der Waals surface area contributed by atoms with Crippen molar-refractivity contribution in [1.82, 2.24) is 39.7 Å². The predicted molar refractivity (Wildman–Crippen MR) is 300 cm³/mol. The molecular formula is C60H48F4N8O5S2. The maximum atomic E-state index is 14.8. The van der Waals surface area contributed by atoms with E-state index in [4.69, 9.17) is 0 Å². The lowest BCUT2D eigenvalue weighted by atomic mass is 9.99. The Labute approximate surface area is 456 Å². The Morgan fingerprint density at radius 3 is 1.37 bits per heavy atom. The summed E-state index contributed by atoms with van der Waals surface area (Å²) in [7, 11) is -1.70. The van der Waals surface area contributed by atoms with E-state index in [0.29, 0.717) is 69.8 Å². The number of amides is 2. The molecule has 4 heterocycles. The Hall–Kier alpha value is -8.94. The van der Waals surface area contributed by atoms with E-state index in [1.165, 1.54) is 48.3 Å². The third-order valence-corrected chi connectivity index (χ3v) is 14.1. The fraction of sp³-hybridized carbons (Fsp3) is 0.133. The Morgan fingerprint density at radius 1 is 0.532 bits per heavy atom. The lowest BCUT2D eigenvalue weighted by Crippen LogP contribution is -2.25. The average molecular weight is 1100 g/mol. The molecule has 4 aromatic heterocycles. The minimum absolute atomic E-state index is 0.0676. The van der Waals surface area contributed by atoms with Gasteiger partial charge in [0.25, 0.3) is 22.9 Å². The second-order valence-corrected chi connectivity index (χ2v) is 20.1. The van der Waals surface area contributed by atoms with Crippen LogP contribution in [0, 0.1) is 37.1 Å². The SMILES string of the molecule is CSc1nc(-c2cc(C(=O)NCCc3ccccc3)ccc2C)c2ccc(=O)n(-c3c(F)cccc3F)c2n1.Cc1ccc(C(=O)NCCc2ccccc2)cc1-c1nc(S(C)=O)nc2c1ccc(=O)n2-c1c(F)cccc1F. The maximum absolute atomic E-state index is 14.8. The van der Waals surface area contributed by atoms with Crippen LogP contribution in [0.1, 0.15) is 43.0 Å². The molecule has 79 heavy (non-hydrogen) atoms. The Balaban J connectivity index is 0.000000192. The van der Waals surface area contributed by atoms with Crippen LogP contribution >= 0.6 is 11.8 Å². The van der Waals surface area contributed by atoms with Crippen LogP contribution in [0.5, 0.6) is 0 Å². The number of aryl methyl sites for hydroxylation is 2. The van der Waals surface area contributed by atoms with Gasteiger partial charge in [0.1, 0.15) is 34.6 Å². The van der Waals surface area contributed by atoms with Gasteiger partial charge in [-0.05, 0) is 116 Å². The van der Waals surface area contributed by atoms with Crippen molar-refractivity contribution in [1.29, 1.82) is 0 Å². The maximum Gasteiger partial charge on any atom is 0.256 e. The molecule has 0 aliphatic heterocycles. The zero-order chi connectivity index (χ0) is 55.9. The van der Waals surface area contributed by atoms with Crippen LogP contribution in [0.4, 0.5) is 17.6 Å². The van der Waals surface area contributed by atoms with E-state index in [1.807, 2.05) is 80.6 Å². The van der Waals surface area contributed by atoms with E-state index < -0.39 is 56.6 Å². The smallest absolute Gasteiger partial charge is 0.256 e. The number of para-hydroxylation sites is 2. The lowest BCUT2D eigenvalue weighted by Gasteiger charge is -2.15. The van der Waals surface area contributed by atoms with E-state index in [1.54, 1.807) is 42.7 Å². The molecule has 1 atom stereocenters. The number of hydrogen-bond donors (Lipinski definition) is 2. The molecular weight excluding hydrogens is 1050 g/mol. The van der Waals surface area contributed by atoms with E-state index in [2.05, 4.69) is 30.6 Å². The first-order valence-corrected chi connectivity index (χ1v) is 27.4. The van der Waals surface area contributed by atoms with Crippen LogP contribution in [0.2, 0.25) is 0 Å². The Kier molecular flexibility index (Phi) is 16.8. The molecule has 2 N–H and O–H groups in total. The largest absolute Gasteiger partial charge is 0.352 e. The standard InChI is InChI=1S/C30H24F2N4O3S.C30H24F2N4O2S/c1-18-11-12-20(29(38)33-16-15-19-7-4-3-5-8-19)17-22(18)26-21-13-14-25(37)36(27-23(31)9-6-10-24(27)32)28(21)35-30(34-26)40(2)39;1-18-11-12-20(29(38)33-16-15-19-7-4-3-5-8-19)17-22(18)26-21-13-14-25(37)36(28(21)35-30(34-26)39-2)27-23(31)9-6-10-24(27)32/h3-14,17H,15-16H2,1-2H3,(H,33,38);3-14,17H,15-16H2,1-2H3,(H,33,38). The number of rotatable bonds is 14. The molecule has 0 radical (unpaired) electrons. The van der Waals surface area contributed by atoms with Gasteiger partial charge < -0.3 is 10.6 Å². The number of aromatic nitrogens is 6. The van der Waals surface area contributed by atoms with Crippen molar-refractivity contribution in [2.45, 2.75) is 37.0 Å². The molecule has 0 aliphatic carbocycles. The second-order valence-electron chi connectivity index (χ2n) is 18.0. The number of carbonyl (C=O) groups excluding carboxylic acids is 2. The van der Waals surface area contributed by atoms with Gasteiger partial charge in [-0.3, -0.25) is 32.5 Å². The van der Waals surface area contributed by atoms with Gasteiger partial charge in [-0.2, -0.15) is 0 Å². The first-order chi connectivity index (χ1) is 38.1. The highest BCUT2D eigenvalue weighted by atomic mass is 32.2. The first kappa shape index (κ1) is 54.8. The average Bonchev–Trinajstić information content (AvgIpc) is 3.65. The molecule has 19 heteroatoms. The molecule has 0 fully saturated rings. The van der Waals surface area contributed by atoms with Crippen LogP contribution in [0.15, 0.2) is 178 Å². The summed E-state index contributed by atoms with van der Waals surface area (Å²) < 4.78 is 73.4. The van der Waals surface area contributed by atoms with Gasteiger partial charge in [-0.25, -0.2) is 37.5 Å². The van der Waals surface area contributed by atoms with Gasteiger partial charge in [-0.1, -0.05) is 96.7 Å². The fourth-order valence-electron chi connectivity index (χ4n) is 8.83. The summed E-state index contributed by atoms with van der Waals surface area (Å²) in [6.45, 7) is 4.60. The molecule has 13 nitrogen and oxygen atoms in total. The number of carbonyl (C=O) groups is 2. The zero-order valence-electron chi connectivity index (χ0n) is 42.9. The molecule has 10 rings (SSSR count). The normalized spacial score (nSPS) is 11.5. The number of pyridine rings is 2. The van der Waals surface area contributed by atoms with Gasteiger partial charge >= 0.3 is 0 Å². The van der Waals surface area contributed by atoms with Crippen molar-refractivity contribution < 1.29 is 31.4 Å². The summed E-state index contributed by atoms with van der Waals surface area (Å²) in [5, 5.41) is 6.76. The second kappa shape index (κ2) is 24.2. The van der Waals surface area contributed by atoms with Crippen molar-refractivity contribution in [3.63, 3.8) is 0 Å². The number of benzene rings is 6. The van der Waals surface area contributed by atoms with Gasteiger partial charge in [-0.15, -0.1) is 0 Å². The quantitative estimate of drug-likeness (QED) is 0.0607. The predicted octanol–water partition coefficient (Wildman–Crippen LogP) is 10.5. The summed E-state index contributed by atoms with van der Waals surface area (Å²) in [6.07, 6.45) is 4.49. The van der Waals surface area contributed by atoms with Crippen molar-refractivity contribution in [2.75, 3.05) is 25.6 Å². The van der Waals surface area contributed by atoms with Crippen LogP contribution in [0.3, 0.4) is 0 Å².